The molecule has 0 fully saturated rings. The van der Waals surface area contributed by atoms with Crippen LogP contribution in [0.1, 0.15) is 19.5 Å². The Kier molecular flexibility index (Phi) is 3.51. The molecule has 0 radical (unpaired) electrons. The number of allylic oxidation sites excluding steroid dienone is 1. The molecule has 0 aromatic carbocycles. The Morgan fingerprint density at radius 1 is 1.38 bits per heavy atom. The summed E-state index contributed by atoms with van der Waals surface area (Å²) < 4.78 is 0.976. The number of hydrogen-bond acceptors (Lipinski definition) is 3. The lowest BCUT2D eigenvalue weighted by molar-refractivity contribution is 1.29. The molecular weight excluding hydrogens is 284 g/mol. The van der Waals surface area contributed by atoms with Gasteiger partial charge >= 0.3 is 0 Å². The van der Waals surface area contributed by atoms with Crippen LogP contribution in [-0.2, 0) is 0 Å². The van der Waals surface area contributed by atoms with Crippen LogP contribution in [0.2, 0.25) is 0 Å². The Balaban J connectivity index is 2.35. The van der Waals surface area contributed by atoms with Gasteiger partial charge in [-0.05, 0) is 41.9 Å². The first-order valence-electron chi connectivity index (χ1n) is 4.86. The van der Waals surface area contributed by atoms with Crippen LogP contribution in [0.25, 0.3) is 16.6 Å². The van der Waals surface area contributed by atoms with E-state index in [-0.39, 0.29) is 0 Å². The highest BCUT2D eigenvalue weighted by Gasteiger charge is 2.04. The molecule has 4 heteroatoms. The lowest BCUT2D eigenvalue weighted by Gasteiger charge is -1.95. The molecule has 0 bridgehead atoms. The van der Waals surface area contributed by atoms with E-state index in [0.717, 1.165) is 20.7 Å². The van der Waals surface area contributed by atoms with Crippen molar-refractivity contribution in [1.82, 2.24) is 9.97 Å². The van der Waals surface area contributed by atoms with Crippen LogP contribution in [0.5, 0.6) is 0 Å². The van der Waals surface area contributed by atoms with E-state index < -0.39 is 0 Å². The smallest absolute Gasteiger partial charge is 0.125 e. The number of aromatic nitrogens is 2. The number of rotatable bonds is 2. The summed E-state index contributed by atoms with van der Waals surface area (Å²) in [6.07, 6.45) is 5.68. The van der Waals surface area contributed by atoms with E-state index in [1.165, 1.54) is 5.57 Å². The van der Waals surface area contributed by atoms with Gasteiger partial charge in [0.05, 0.1) is 5.69 Å². The quantitative estimate of drug-likeness (QED) is 0.821. The topological polar surface area (TPSA) is 25.8 Å². The molecule has 0 N–H and O–H groups in total. The van der Waals surface area contributed by atoms with Gasteiger partial charge in [-0.1, -0.05) is 5.57 Å². The SMILES string of the molecule is CC(C)=Cc1csc(-c2cncc(Br)c2)n1. The molecule has 2 heterocycles. The molecular formula is C12H11BrN2S. The van der Waals surface area contributed by atoms with Crippen molar-refractivity contribution in [2.45, 2.75) is 13.8 Å². The molecule has 2 aromatic heterocycles. The third kappa shape index (κ3) is 2.77. The Bertz CT molecular complexity index is 527. The van der Waals surface area contributed by atoms with Gasteiger partial charge in [-0.2, -0.15) is 0 Å². The average Bonchev–Trinajstić information content (AvgIpc) is 2.65. The summed E-state index contributed by atoms with van der Waals surface area (Å²) in [5.41, 5.74) is 3.32. The van der Waals surface area contributed by atoms with Crippen molar-refractivity contribution in [1.29, 1.82) is 0 Å². The molecule has 2 rings (SSSR count). The standard InChI is InChI=1S/C12H11BrN2S/c1-8(2)3-11-7-16-12(15-11)9-4-10(13)6-14-5-9/h3-7H,1-2H3. The minimum atomic E-state index is 0.976. The highest BCUT2D eigenvalue weighted by Crippen LogP contribution is 2.25. The summed E-state index contributed by atoms with van der Waals surface area (Å²) in [4.78, 5) is 8.68. The van der Waals surface area contributed by atoms with Gasteiger partial charge in [-0.3, -0.25) is 4.98 Å². The first kappa shape index (κ1) is 11.5. The minimum absolute atomic E-state index is 0.976. The van der Waals surface area contributed by atoms with Crippen LogP contribution in [0.15, 0.2) is 33.9 Å². The largest absolute Gasteiger partial charge is 0.263 e. The van der Waals surface area contributed by atoms with Crippen molar-refractivity contribution >= 4 is 33.3 Å². The highest BCUT2D eigenvalue weighted by atomic mass is 79.9. The molecule has 0 aliphatic heterocycles. The normalized spacial score (nSPS) is 10.2. The van der Waals surface area contributed by atoms with Crippen molar-refractivity contribution in [3.8, 4) is 10.6 Å². The molecule has 0 amide bonds. The van der Waals surface area contributed by atoms with Crippen LogP contribution in [0, 0.1) is 0 Å². The van der Waals surface area contributed by atoms with Crippen LogP contribution in [-0.4, -0.2) is 9.97 Å². The molecule has 0 aliphatic rings. The predicted octanol–water partition coefficient (Wildman–Crippen LogP) is 4.39. The first-order chi connectivity index (χ1) is 7.65. The van der Waals surface area contributed by atoms with Crippen molar-refractivity contribution in [3.05, 3.63) is 39.6 Å². The molecule has 0 saturated carbocycles. The monoisotopic (exact) mass is 294 g/mol. The van der Waals surface area contributed by atoms with E-state index in [1.54, 1.807) is 17.5 Å². The Hall–Kier alpha value is -1.00. The van der Waals surface area contributed by atoms with E-state index >= 15 is 0 Å². The maximum atomic E-state index is 4.54. The summed E-state index contributed by atoms with van der Waals surface area (Å²) in [6.45, 7) is 4.14. The predicted molar refractivity (Wildman–Crippen MR) is 72.4 cm³/mol. The van der Waals surface area contributed by atoms with Gasteiger partial charge in [-0.15, -0.1) is 11.3 Å². The maximum Gasteiger partial charge on any atom is 0.125 e. The molecule has 0 spiro atoms. The summed E-state index contributed by atoms with van der Waals surface area (Å²) in [5.74, 6) is 0. The zero-order chi connectivity index (χ0) is 11.5. The number of halogens is 1. The van der Waals surface area contributed by atoms with Crippen LogP contribution >= 0.6 is 27.3 Å². The maximum absolute atomic E-state index is 4.54. The average molecular weight is 295 g/mol. The van der Waals surface area contributed by atoms with E-state index in [9.17, 15) is 0 Å². The lowest BCUT2D eigenvalue weighted by Crippen LogP contribution is -1.80. The number of hydrogen-bond donors (Lipinski definition) is 0. The zero-order valence-electron chi connectivity index (χ0n) is 9.07. The number of thiazole rings is 1. The Labute approximate surface area is 107 Å². The van der Waals surface area contributed by atoms with Crippen LogP contribution < -0.4 is 0 Å². The molecule has 0 unspecified atom stereocenters. The van der Waals surface area contributed by atoms with Crippen LogP contribution in [0.3, 0.4) is 0 Å². The van der Waals surface area contributed by atoms with E-state index in [0.29, 0.717) is 0 Å². The number of pyridine rings is 1. The van der Waals surface area contributed by atoms with E-state index in [4.69, 9.17) is 0 Å². The van der Waals surface area contributed by atoms with Gasteiger partial charge < -0.3 is 0 Å². The van der Waals surface area contributed by atoms with E-state index in [2.05, 4.69) is 51.2 Å². The van der Waals surface area contributed by atoms with Gasteiger partial charge in [0.25, 0.3) is 0 Å². The molecule has 16 heavy (non-hydrogen) atoms. The van der Waals surface area contributed by atoms with Crippen molar-refractivity contribution in [3.63, 3.8) is 0 Å². The van der Waals surface area contributed by atoms with Gasteiger partial charge in [0, 0.05) is 27.8 Å². The first-order valence-corrected chi connectivity index (χ1v) is 6.54. The second-order valence-corrected chi connectivity index (χ2v) is 5.46. The van der Waals surface area contributed by atoms with E-state index in [1.807, 2.05) is 12.3 Å². The third-order valence-corrected chi connectivity index (χ3v) is 3.25. The van der Waals surface area contributed by atoms with Crippen molar-refractivity contribution < 1.29 is 0 Å². The van der Waals surface area contributed by atoms with Gasteiger partial charge in [0.15, 0.2) is 0 Å². The molecule has 2 nitrogen and oxygen atoms in total. The second kappa shape index (κ2) is 4.89. The third-order valence-electron chi connectivity index (χ3n) is 1.91. The van der Waals surface area contributed by atoms with Gasteiger partial charge in [0.2, 0.25) is 0 Å². The Morgan fingerprint density at radius 3 is 2.88 bits per heavy atom. The van der Waals surface area contributed by atoms with Crippen molar-refractivity contribution in [2.24, 2.45) is 0 Å². The molecule has 0 atom stereocenters. The summed E-state index contributed by atoms with van der Waals surface area (Å²) in [5, 5.41) is 3.06. The lowest BCUT2D eigenvalue weighted by atomic mass is 10.3. The highest BCUT2D eigenvalue weighted by molar-refractivity contribution is 9.10. The zero-order valence-corrected chi connectivity index (χ0v) is 11.5. The van der Waals surface area contributed by atoms with Crippen LogP contribution in [0.4, 0.5) is 0 Å². The fraction of sp³-hybridized carbons (Fsp3) is 0.167. The summed E-state index contributed by atoms with van der Waals surface area (Å²) in [7, 11) is 0. The Morgan fingerprint density at radius 2 is 2.19 bits per heavy atom. The molecule has 2 aromatic rings. The fourth-order valence-electron chi connectivity index (χ4n) is 1.31. The van der Waals surface area contributed by atoms with Gasteiger partial charge in [-0.25, -0.2) is 4.98 Å². The number of nitrogens with zero attached hydrogens (tertiary/aromatic N) is 2. The second-order valence-electron chi connectivity index (χ2n) is 3.69. The summed E-state index contributed by atoms with van der Waals surface area (Å²) >= 11 is 5.05. The molecule has 0 saturated heterocycles. The summed E-state index contributed by atoms with van der Waals surface area (Å²) in [6, 6.07) is 2.03. The van der Waals surface area contributed by atoms with Gasteiger partial charge in [0.1, 0.15) is 5.01 Å². The molecule has 82 valence electrons. The fourth-order valence-corrected chi connectivity index (χ4v) is 2.43. The minimum Gasteiger partial charge on any atom is -0.263 e. The molecule has 0 aliphatic carbocycles. The van der Waals surface area contributed by atoms with Crippen molar-refractivity contribution in [2.75, 3.05) is 0 Å².